The van der Waals surface area contributed by atoms with E-state index >= 15 is 0 Å². The maximum atomic E-state index is 12.6. The molecule has 0 aliphatic carbocycles. The monoisotopic (exact) mass is 181 g/mol. The van der Waals surface area contributed by atoms with Crippen molar-refractivity contribution in [2.75, 3.05) is 6.61 Å². The second-order valence-electron chi connectivity index (χ2n) is 2.89. The first-order valence-electron chi connectivity index (χ1n) is 4.06. The van der Waals surface area contributed by atoms with Crippen LogP contribution in [0.3, 0.4) is 0 Å². The summed E-state index contributed by atoms with van der Waals surface area (Å²) in [6.07, 6.45) is 3.41. The molecule has 0 aromatic carbocycles. The van der Waals surface area contributed by atoms with E-state index in [9.17, 15) is 4.39 Å². The van der Waals surface area contributed by atoms with E-state index in [1.807, 2.05) is 6.92 Å². The van der Waals surface area contributed by atoms with E-state index in [1.165, 1.54) is 12.3 Å². The van der Waals surface area contributed by atoms with Crippen LogP contribution in [0.15, 0.2) is 30.6 Å². The first-order chi connectivity index (χ1) is 6.18. The molecule has 3 heteroatoms. The van der Waals surface area contributed by atoms with Crippen molar-refractivity contribution in [1.82, 2.24) is 4.98 Å². The van der Waals surface area contributed by atoms with E-state index in [0.29, 0.717) is 12.4 Å². The average molecular weight is 181 g/mol. The fourth-order valence-electron chi connectivity index (χ4n) is 0.814. The maximum Gasteiger partial charge on any atom is 0.145 e. The Morgan fingerprint density at radius 1 is 1.62 bits per heavy atom. The second-order valence-corrected chi connectivity index (χ2v) is 2.89. The number of rotatable bonds is 4. The van der Waals surface area contributed by atoms with Crippen molar-refractivity contribution < 1.29 is 9.13 Å². The number of halogens is 1. The molecule has 1 heterocycles. The summed E-state index contributed by atoms with van der Waals surface area (Å²) in [4.78, 5) is 3.66. The lowest BCUT2D eigenvalue weighted by molar-refractivity contribution is 0.318. The molecule has 0 amide bonds. The van der Waals surface area contributed by atoms with E-state index in [4.69, 9.17) is 4.74 Å². The van der Waals surface area contributed by atoms with Gasteiger partial charge >= 0.3 is 0 Å². The van der Waals surface area contributed by atoms with Gasteiger partial charge in [-0.2, -0.15) is 0 Å². The Morgan fingerprint density at radius 2 is 2.38 bits per heavy atom. The van der Waals surface area contributed by atoms with Gasteiger partial charge in [-0.15, -0.1) is 6.58 Å². The lowest BCUT2D eigenvalue weighted by Gasteiger charge is -2.04. The zero-order chi connectivity index (χ0) is 9.68. The number of hydrogen-bond donors (Lipinski definition) is 0. The van der Waals surface area contributed by atoms with Crippen LogP contribution in [0.4, 0.5) is 4.39 Å². The van der Waals surface area contributed by atoms with Crippen molar-refractivity contribution in [2.45, 2.75) is 13.3 Å². The summed E-state index contributed by atoms with van der Waals surface area (Å²) in [6.45, 7) is 6.17. The van der Waals surface area contributed by atoms with Crippen LogP contribution >= 0.6 is 0 Å². The smallest absolute Gasteiger partial charge is 0.145 e. The second kappa shape index (κ2) is 4.60. The van der Waals surface area contributed by atoms with Crippen LogP contribution in [-0.4, -0.2) is 11.6 Å². The summed E-state index contributed by atoms with van der Waals surface area (Å²) in [7, 11) is 0. The van der Waals surface area contributed by atoms with Crippen LogP contribution in [0.25, 0.3) is 0 Å². The van der Waals surface area contributed by atoms with Gasteiger partial charge in [-0.05, 0) is 6.92 Å². The Bertz CT molecular complexity index is 299. The van der Waals surface area contributed by atoms with Gasteiger partial charge in [0.05, 0.1) is 19.0 Å². The molecule has 70 valence electrons. The summed E-state index contributed by atoms with van der Waals surface area (Å²) in [5.74, 6) is 0.0778. The van der Waals surface area contributed by atoms with E-state index in [-0.39, 0.29) is 5.82 Å². The van der Waals surface area contributed by atoms with E-state index in [0.717, 1.165) is 18.2 Å². The minimum atomic E-state index is -0.382. The molecule has 0 spiro atoms. The average Bonchev–Trinajstić information content (AvgIpc) is 2.03. The van der Waals surface area contributed by atoms with Crippen molar-refractivity contribution >= 4 is 0 Å². The fourth-order valence-corrected chi connectivity index (χ4v) is 0.814. The Labute approximate surface area is 77.1 Å². The molecule has 0 saturated heterocycles. The van der Waals surface area contributed by atoms with Crippen molar-refractivity contribution in [1.29, 1.82) is 0 Å². The van der Waals surface area contributed by atoms with Crippen LogP contribution in [0.1, 0.15) is 13.3 Å². The van der Waals surface area contributed by atoms with Gasteiger partial charge in [-0.25, -0.2) is 4.39 Å². The van der Waals surface area contributed by atoms with Gasteiger partial charge < -0.3 is 4.74 Å². The van der Waals surface area contributed by atoms with Crippen molar-refractivity contribution in [3.8, 4) is 5.75 Å². The minimum absolute atomic E-state index is 0.382. The standard InChI is InChI=1S/C10H12FNO/c1-8(2)3-4-13-10-5-9(11)6-12-7-10/h5-7H,1,3-4H2,2H3. The van der Waals surface area contributed by atoms with Crippen LogP contribution < -0.4 is 4.74 Å². The molecule has 1 rings (SSSR count). The highest BCUT2D eigenvalue weighted by atomic mass is 19.1. The molecule has 0 N–H and O–H groups in total. The highest BCUT2D eigenvalue weighted by Crippen LogP contribution is 2.10. The highest BCUT2D eigenvalue weighted by molar-refractivity contribution is 5.16. The summed E-state index contributed by atoms with van der Waals surface area (Å²) < 4.78 is 17.8. The molecule has 0 aliphatic rings. The molecule has 0 atom stereocenters. The third-order valence-electron chi connectivity index (χ3n) is 1.48. The van der Waals surface area contributed by atoms with Gasteiger partial charge in [0, 0.05) is 12.5 Å². The predicted octanol–water partition coefficient (Wildman–Crippen LogP) is 2.57. The van der Waals surface area contributed by atoms with Gasteiger partial charge in [0.25, 0.3) is 0 Å². The molecule has 0 bridgehead atoms. The summed E-state index contributed by atoms with van der Waals surface area (Å²) in [5, 5.41) is 0. The number of nitrogens with zero attached hydrogens (tertiary/aromatic N) is 1. The number of hydrogen-bond acceptors (Lipinski definition) is 2. The first-order valence-corrected chi connectivity index (χ1v) is 4.06. The molecular weight excluding hydrogens is 169 g/mol. The third-order valence-corrected chi connectivity index (χ3v) is 1.48. The summed E-state index contributed by atoms with van der Waals surface area (Å²) in [5.41, 5.74) is 1.05. The SMILES string of the molecule is C=C(C)CCOc1cncc(F)c1. The van der Waals surface area contributed by atoms with Crippen molar-refractivity contribution in [3.63, 3.8) is 0 Å². The Morgan fingerprint density at radius 3 is 3.00 bits per heavy atom. The summed E-state index contributed by atoms with van der Waals surface area (Å²) >= 11 is 0. The molecule has 0 saturated carbocycles. The van der Waals surface area contributed by atoms with E-state index < -0.39 is 0 Å². The highest BCUT2D eigenvalue weighted by Gasteiger charge is 1.96. The number of aromatic nitrogens is 1. The molecule has 1 aromatic rings. The normalized spacial score (nSPS) is 9.69. The zero-order valence-electron chi connectivity index (χ0n) is 7.59. The molecule has 13 heavy (non-hydrogen) atoms. The molecular formula is C10H12FNO. The zero-order valence-corrected chi connectivity index (χ0v) is 7.59. The van der Waals surface area contributed by atoms with Crippen LogP contribution in [0.2, 0.25) is 0 Å². The van der Waals surface area contributed by atoms with Crippen LogP contribution in [0.5, 0.6) is 5.75 Å². The van der Waals surface area contributed by atoms with Gasteiger partial charge in [0.2, 0.25) is 0 Å². The van der Waals surface area contributed by atoms with Gasteiger partial charge in [0.1, 0.15) is 11.6 Å². The quantitative estimate of drug-likeness (QED) is 0.666. The fraction of sp³-hybridized carbons (Fsp3) is 0.300. The summed E-state index contributed by atoms with van der Waals surface area (Å²) in [6, 6.07) is 1.31. The van der Waals surface area contributed by atoms with E-state index in [2.05, 4.69) is 11.6 Å². The van der Waals surface area contributed by atoms with Gasteiger partial charge in [0.15, 0.2) is 0 Å². The van der Waals surface area contributed by atoms with Crippen molar-refractivity contribution in [3.05, 3.63) is 36.4 Å². The Kier molecular flexibility index (Phi) is 3.43. The maximum absolute atomic E-state index is 12.6. The van der Waals surface area contributed by atoms with Gasteiger partial charge in [-0.3, -0.25) is 4.98 Å². The van der Waals surface area contributed by atoms with Gasteiger partial charge in [-0.1, -0.05) is 5.57 Å². The van der Waals surface area contributed by atoms with Crippen LogP contribution in [0, 0.1) is 5.82 Å². The molecule has 0 radical (unpaired) electrons. The van der Waals surface area contributed by atoms with Crippen molar-refractivity contribution in [2.24, 2.45) is 0 Å². The lowest BCUT2D eigenvalue weighted by Crippen LogP contribution is -1.98. The molecule has 2 nitrogen and oxygen atoms in total. The molecule has 0 fully saturated rings. The predicted molar refractivity (Wildman–Crippen MR) is 49.1 cm³/mol. The first kappa shape index (κ1) is 9.71. The minimum Gasteiger partial charge on any atom is -0.492 e. The number of pyridine rings is 1. The lowest BCUT2D eigenvalue weighted by atomic mass is 10.3. The number of ether oxygens (including phenoxy) is 1. The Balaban J connectivity index is 2.41. The molecule has 0 unspecified atom stereocenters. The molecule has 1 aromatic heterocycles. The topological polar surface area (TPSA) is 22.1 Å². The van der Waals surface area contributed by atoms with Crippen LogP contribution in [-0.2, 0) is 0 Å². The molecule has 0 aliphatic heterocycles. The van der Waals surface area contributed by atoms with E-state index in [1.54, 1.807) is 0 Å². The third kappa shape index (κ3) is 3.69. The largest absolute Gasteiger partial charge is 0.492 e. The Hall–Kier alpha value is -1.38.